The third kappa shape index (κ3) is 4.43. The molecule has 0 saturated heterocycles. The van der Waals surface area contributed by atoms with E-state index in [2.05, 4.69) is 32.6 Å². The molecule has 0 bridgehead atoms. The summed E-state index contributed by atoms with van der Waals surface area (Å²) in [6.45, 7) is 2.46. The smallest absolute Gasteiger partial charge is 0.270 e. The third-order valence-corrected chi connectivity index (χ3v) is 4.92. The predicted molar refractivity (Wildman–Crippen MR) is 92.0 cm³/mol. The second-order valence-electron chi connectivity index (χ2n) is 5.01. The maximum Gasteiger partial charge on any atom is 0.270 e. The summed E-state index contributed by atoms with van der Waals surface area (Å²) in [5.74, 6) is -0.137. The Morgan fingerprint density at radius 1 is 1.17 bits per heavy atom. The minimum atomic E-state index is -0.137. The van der Waals surface area contributed by atoms with Crippen molar-refractivity contribution in [3.63, 3.8) is 0 Å². The van der Waals surface area contributed by atoms with E-state index < -0.39 is 0 Å². The Morgan fingerprint density at radius 3 is 2.74 bits per heavy atom. The van der Waals surface area contributed by atoms with Crippen LogP contribution in [0.2, 0.25) is 0 Å². The van der Waals surface area contributed by atoms with Crippen LogP contribution in [0.15, 0.2) is 35.7 Å². The van der Waals surface area contributed by atoms with Gasteiger partial charge in [-0.2, -0.15) is 0 Å². The SMILES string of the molecule is Cc1nnc(CCNC(=O)c2csc(Cc3ccccc3)n2)s1. The summed E-state index contributed by atoms with van der Waals surface area (Å²) in [6, 6.07) is 10.1. The number of aromatic nitrogens is 3. The number of thiazole rings is 1. The van der Waals surface area contributed by atoms with Crippen molar-refractivity contribution in [3.05, 3.63) is 62.0 Å². The normalized spacial score (nSPS) is 10.7. The van der Waals surface area contributed by atoms with Crippen LogP contribution in [-0.2, 0) is 12.8 Å². The molecule has 0 spiro atoms. The second-order valence-corrected chi connectivity index (χ2v) is 7.22. The highest BCUT2D eigenvalue weighted by Crippen LogP contribution is 2.15. The van der Waals surface area contributed by atoms with Crippen LogP contribution >= 0.6 is 22.7 Å². The quantitative estimate of drug-likeness (QED) is 0.746. The molecule has 0 aliphatic rings. The van der Waals surface area contributed by atoms with Crippen molar-refractivity contribution in [1.29, 1.82) is 0 Å². The molecule has 3 aromatic rings. The van der Waals surface area contributed by atoms with Crippen molar-refractivity contribution < 1.29 is 4.79 Å². The minimum absolute atomic E-state index is 0.137. The molecule has 0 aliphatic carbocycles. The number of hydrogen-bond donors (Lipinski definition) is 1. The van der Waals surface area contributed by atoms with Crippen LogP contribution in [0, 0.1) is 6.92 Å². The Bertz CT molecular complexity index is 782. The van der Waals surface area contributed by atoms with Gasteiger partial charge in [0.25, 0.3) is 5.91 Å². The number of nitrogens with one attached hydrogen (secondary N) is 1. The zero-order valence-corrected chi connectivity index (χ0v) is 14.3. The number of amides is 1. The first-order valence-electron chi connectivity index (χ1n) is 7.26. The fourth-order valence-electron chi connectivity index (χ4n) is 2.08. The average molecular weight is 344 g/mol. The molecule has 3 rings (SSSR count). The van der Waals surface area contributed by atoms with Gasteiger partial charge in [-0.15, -0.1) is 32.9 Å². The monoisotopic (exact) mass is 344 g/mol. The number of benzene rings is 1. The standard InChI is InChI=1S/C16H16N4OS2/c1-11-19-20-14(23-11)7-8-17-16(21)13-10-22-15(18-13)9-12-5-3-2-4-6-12/h2-6,10H,7-9H2,1H3,(H,17,21). The van der Waals surface area contributed by atoms with Gasteiger partial charge in [0.05, 0.1) is 5.01 Å². The molecule has 7 heteroatoms. The highest BCUT2D eigenvalue weighted by molar-refractivity contribution is 7.11. The third-order valence-electron chi connectivity index (χ3n) is 3.17. The van der Waals surface area contributed by atoms with Gasteiger partial charge in [-0.05, 0) is 12.5 Å². The average Bonchev–Trinajstić information content (AvgIpc) is 3.18. The number of aryl methyl sites for hydroxylation is 1. The maximum absolute atomic E-state index is 12.1. The summed E-state index contributed by atoms with van der Waals surface area (Å²) in [7, 11) is 0. The summed E-state index contributed by atoms with van der Waals surface area (Å²) in [5.41, 5.74) is 1.68. The molecule has 23 heavy (non-hydrogen) atoms. The van der Waals surface area contributed by atoms with Gasteiger partial charge in [-0.1, -0.05) is 30.3 Å². The molecule has 1 aromatic carbocycles. The molecular weight excluding hydrogens is 328 g/mol. The molecule has 0 saturated carbocycles. The van der Waals surface area contributed by atoms with Gasteiger partial charge in [0.2, 0.25) is 0 Å². The largest absolute Gasteiger partial charge is 0.350 e. The summed E-state index contributed by atoms with van der Waals surface area (Å²) < 4.78 is 0. The van der Waals surface area contributed by atoms with Gasteiger partial charge in [0.15, 0.2) is 0 Å². The highest BCUT2D eigenvalue weighted by Gasteiger charge is 2.11. The van der Waals surface area contributed by atoms with Crippen LogP contribution in [-0.4, -0.2) is 27.6 Å². The van der Waals surface area contributed by atoms with E-state index in [1.165, 1.54) is 16.9 Å². The predicted octanol–water partition coefficient (Wildman–Crippen LogP) is 2.87. The van der Waals surface area contributed by atoms with Gasteiger partial charge in [-0.3, -0.25) is 4.79 Å². The lowest BCUT2D eigenvalue weighted by atomic mass is 10.2. The Kier molecular flexibility index (Phi) is 5.09. The summed E-state index contributed by atoms with van der Waals surface area (Å²) in [4.78, 5) is 16.5. The van der Waals surface area contributed by atoms with Crippen LogP contribution in [0.3, 0.4) is 0 Å². The minimum Gasteiger partial charge on any atom is -0.350 e. The fraction of sp³-hybridized carbons (Fsp3) is 0.250. The van der Waals surface area contributed by atoms with Crippen molar-refractivity contribution in [2.75, 3.05) is 6.54 Å². The Morgan fingerprint density at radius 2 is 2.00 bits per heavy atom. The Labute approximate surface area is 142 Å². The van der Waals surface area contributed by atoms with E-state index in [0.717, 1.165) is 21.4 Å². The van der Waals surface area contributed by atoms with E-state index in [1.807, 2.05) is 30.5 Å². The summed E-state index contributed by atoms with van der Waals surface area (Å²) >= 11 is 3.07. The first-order valence-corrected chi connectivity index (χ1v) is 8.96. The fourth-order valence-corrected chi connectivity index (χ4v) is 3.60. The highest BCUT2D eigenvalue weighted by atomic mass is 32.1. The van der Waals surface area contributed by atoms with E-state index >= 15 is 0 Å². The Hall–Kier alpha value is -2.12. The zero-order valence-electron chi connectivity index (χ0n) is 12.7. The van der Waals surface area contributed by atoms with Gasteiger partial charge < -0.3 is 5.32 Å². The van der Waals surface area contributed by atoms with Crippen molar-refractivity contribution in [3.8, 4) is 0 Å². The summed E-state index contributed by atoms with van der Waals surface area (Å²) in [6.07, 6.45) is 1.45. The molecule has 1 amide bonds. The second kappa shape index (κ2) is 7.43. The van der Waals surface area contributed by atoms with E-state index in [4.69, 9.17) is 0 Å². The van der Waals surface area contributed by atoms with Gasteiger partial charge in [0.1, 0.15) is 15.7 Å². The maximum atomic E-state index is 12.1. The van der Waals surface area contributed by atoms with Crippen LogP contribution in [0.25, 0.3) is 0 Å². The molecule has 0 radical (unpaired) electrons. The molecule has 1 N–H and O–H groups in total. The van der Waals surface area contributed by atoms with E-state index in [1.54, 1.807) is 11.3 Å². The van der Waals surface area contributed by atoms with Crippen LogP contribution < -0.4 is 5.32 Å². The molecule has 0 atom stereocenters. The number of nitrogens with zero attached hydrogens (tertiary/aromatic N) is 3. The van der Waals surface area contributed by atoms with Crippen LogP contribution in [0.4, 0.5) is 0 Å². The van der Waals surface area contributed by atoms with Crippen LogP contribution in [0.1, 0.15) is 31.1 Å². The number of rotatable bonds is 6. The van der Waals surface area contributed by atoms with Crippen molar-refractivity contribution in [1.82, 2.24) is 20.5 Å². The number of hydrogen-bond acceptors (Lipinski definition) is 6. The van der Waals surface area contributed by atoms with E-state index in [-0.39, 0.29) is 5.91 Å². The first kappa shape index (κ1) is 15.8. The number of carbonyl (C=O) groups is 1. The van der Waals surface area contributed by atoms with Crippen molar-refractivity contribution >= 4 is 28.6 Å². The molecule has 118 valence electrons. The molecular formula is C16H16N4OS2. The summed E-state index contributed by atoms with van der Waals surface area (Å²) in [5, 5.41) is 15.5. The Balaban J connectivity index is 1.52. The first-order chi connectivity index (χ1) is 11.2. The lowest BCUT2D eigenvalue weighted by Crippen LogP contribution is -2.26. The lowest BCUT2D eigenvalue weighted by molar-refractivity contribution is 0.0949. The lowest BCUT2D eigenvalue weighted by Gasteiger charge is -2.00. The molecule has 0 aliphatic heterocycles. The van der Waals surface area contributed by atoms with Gasteiger partial charge in [0, 0.05) is 24.8 Å². The van der Waals surface area contributed by atoms with Crippen molar-refractivity contribution in [2.45, 2.75) is 19.8 Å². The molecule has 0 unspecified atom stereocenters. The van der Waals surface area contributed by atoms with Crippen LogP contribution in [0.5, 0.6) is 0 Å². The van der Waals surface area contributed by atoms with Gasteiger partial charge >= 0.3 is 0 Å². The molecule has 5 nitrogen and oxygen atoms in total. The zero-order chi connectivity index (χ0) is 16.1. The molecule has 2 aromatic heterocycles. The van der Waals surface area contributed by atoms with E-state index in [9.17, 15) is 4.79 Å². The molecule has 0 fully saturated rings. The molecule has 2 heterocycles. The van der Waals surface area contributed by atoms with Crippen molar-refractivity contribution in [2.24, 2.45) is 0 Å². The van der Waals surface area contributed by atoms with E-state index in [0.29, 0.717) is 18.7 Å². The number of carbonyl (C=O) groups excluding carboxylic acids is 1. The topological polar surface area (TPSA) is 67.8 Å². The van der Waals surface area contributed by atoms with Gasteiger partial charge in [-0.25, -0.2) is 4.98 Å².